The van der Waals surface area contributed by atoms with Crippen LogP contribution >= 0.6 is 11.3 Å². The van der Waals surface area contributed by atoms with Crippen molar-refractivity contribution >= 4 is 21.6 Å². The van der Waals surface area contributed by atoms with Gasteiger partial charge in [-0.1, -0.05) is 6.92 Å². The molecule has 0 amide bonds. The Morgan fingerprint density at radius 3 is 3.25 bits per heavy atom. The Bertz CT molecular complexity index is 610. The molecule has 1 aliphatic rings. The van der Waals surface area contributed by atoms with Crippen LogP contribution in [0.4, 0.5) is 0 Å². The average molecular weight is 234 g/mol. The van der Waals surface area contributed by atoms with Crippen molar-refractivity contribution in [3.63, 3.8) is 0 Å². The Morgan fingerprint density at radius 1 is 1.62 bits per heavy atom. The summed E-state index contributed by atoms with van der Waals surface area (Å²) in [6.45, 7) is 2.27. The third-order valence-corrected chi connectivity index (χ3v) is 4.48. The minimum absolute atomic E-state index is 0.386. The largest absolute Gasteiger partial charge is 0.336 e. The van der Waals surface area contributed by atoms with Gasteiger partial charge in [0.25, 0.3) is 0 Å². The maximum Gasteiger partial charge on any atom is 0.155 e. The highest BCUT2D eigenvalue weighted by atomic mass is 32.1. The normalized spacial score (nSPS) is 19.9. The lowest BCUT2D eigenvalue weighted by atomic mass is 9.89. The van der Waals surface area contributed by atoms with Gasteiger partial charge >= 0.3 is 0 Å². The molecule has 2 heterocycles. The number of fused-ring (bicyclic) bond motifs is 3. The third kappa shape index (κ3) is 1.28. The van der Waals surface area contributed by atoms with Crippen molar-refractivity contribution in [3.05, 3.63) is 22.3 Å². The summed E-state index contributed by atoms with van der Waals surface area (Å²) in [5.41, 5.74) is 1.70. The zero-order valence-electron chi connectivity index (χ0n) is 9.16. The zero-order chi connectivity index (χ0) is 11.3. The highest BCUT2D eigenvalue weighted by molar-refractivity contribution is 7.18. The van der Waals surface area contributed by atoms with Crippen molar-refractivity contribution in [2.75, 3.05) is 5.84 Å². The van der Waals surface area contributed by atoms with Gasteiger partial charge in [-0.3, -0.25) is 5.41 Å². The van der Waals surface area contributed by atoms with Crippen LogP contribution in [0, 0.1) is 11.3 Å². The van der Waals surface area contributed by atoms with Crippen LogP contribution in [0.3, 0.4) is 0 Å². The standard InChI is InChI=1S/C11H14N4S/c1-6-2-3-8-7(4-6)9-10(12)15(13)5-14-11(9)16-8/h5-6,12H,2-4,13H2,1H3. The topological polar surface area (TPSA) is 67.7 Å². The summed E-state index contributed by atoms with van der Waals surface area (Å²) in [5, 5.41) is 8.98. The number of hydrogen-bond donors (Lipinski definition) is 2. The maximum atomic E-state index is 8.02. The van der Waals surface area contributed by atoms with Crippen LogP contribution in [0.25, 0.3) is 10.2 Å². The molecule has 3 rings (SSSR count). The van der Waals surface area contributed by atoms with Gasteiger partial charge in [-0.15, -0.1) is 11.3 Å². The minimum atomic E-state index is 0.386. The van der Waals surface area contributed by atoms with Gasteiger partial charge in [0.15, 0.2) is 5.49 Å². The first-order valence-corrected chi connectivity index (χ1v) is 6.30. The van der Waals surface area contributed by atoms with Gasteiger partial charge in [0.2, 0.25) is 0 Å². The highest BCUT2D eigenvalue weighted by Gasteiger charge is 2.21. The van der Waals surface area contributed by atoms with Gasteiger partial charge in [0, 0.05) is 4.88 Å². The molecule has 0 fully saturated rings. The second kappa shape index (κ2) is 3.31. The lowest BCUT2D eigenvalue weighted by Gasteiger charge is -2.17. The molecule has 1 unspecified atom stereocenters. The Morgan fingerprint density at radius 2 is 2.44 bits per heavy atom. The van der Waals surface area contributed by atoms with E-state index in [4.69, 9.17) is 11.3 Å². The monoisotopic (exact) mass is 234 g/mol. The van der Waals surface area contributed by atoms with Crippen molar-refractivity contribution in [2.24, 2.45) is 5.92 Å². The lowest BCUT2D eigenvalue weighted by molar-refractivity contribution is 0.508. The number of nitrogen functional groups attached to an aromatic ring is 1. The molecule has 0 spiro atoms. The van der Waals surface area contributed by atoms with Crippen molar-refractivity contribution in [2.45, 2.75) is 26.2 Å². The first-order chi connectivity index (χ1) is 7.66. The first kappa shape index (κ1) is 9.84. The lowest BCUT2D eigenvalue weighted by Crippen LogP contribution is -2.27. The molecule has 0 bridgehead atoms. The van der Waals surface area contributed by atoms with Crippen molar-refractivity contribution in [1.82, 2.24) is 9.66 Å². The molecule has 2 aromatic heterocycles. The smallest absolute Gasteiger partial charge is 0.155 e. The molecule has 5 heteroatoms. The van der Waals surface area contributed by atoms with Gasteiger partial charge < -0.3 is 5.84 Å². The Balaban J connectivity index is 2.37. The van der Waals surface area contributed by atoms with E-state index >= 15 is 0 Å². The van der Waals surface area contributed by atoms with E-state index < -0.39 is 0 Å². The second-order valence-electron chi connectivity index (χ2n) is 4.53. The molecule has 84 valence electrons. The number of aryl methyl sites for hydroxylation is 1. The van der Waals surface area contributed by atoms with E-state index in [0.717, 1.165) is 23.1 Å². The number of thiophene rings is 1. The molecule has 1 atom stereocenters. The molecular formula is C11H14N4S. The molecule has 0 aromatic carbocycles. The summed E-state index contributed by atoms with van der Waals surface area (Å²) in [4.78, 5) is 6.67. The van der Waals surface area contributed by atoms with Gasteiger partial charge in [-0.25, -0.2) is 9.66 Å². The van der Waals surface area contributed by atoms with Crippen LogP contribution in [0.1, 0.15) is 23.8 Å². The summed E-state index contributed by atoms with van der Waals surface area (Å²) in [6.07, 6.45) is 4.96. The summed E-state index contributed by atoms with van der Waals surface area (Å²) in [7, 11) is 0. The molecular weight excluding hydrogens is 220 g/mol. The molecule has 0 aliphatic heterocycles. The molecule has 16 heavy (non-hydrogen) atoms. The number of nitrogens with two attached hydrogens (primary N) is 1. The van der Waals surface area contributed by atoms with E-state index in [1.54, 1.807) is 11.3 Å². The Labute approximate surface area is 97.2 Å². The molecule has 0 saturated heterocycles. The molecule has 4 nitrogen and oxygen atoms in total. The van der Waals surface area contributed by atoms with Crippen LogP contribution in [-0.2, 0) is 12.8 Å². The van der Waals surface area contributed by atoms with E-state index in [9.17, 15) is 0 Å². The van der Waals surface area contributed by atoms with E-state index in [0.29, 0.717) is 11.4 Å². The highest BCUT2D eigenvalue weighted by Crippen LogP contribution is 2.35. The molecule has 3 N–H and O–H groups in total. The average Bonchev–Trinajstić information content (AvgIpc) is 2.62. The van der Waals surface area contributed by atoms with Crippen molar-refractivity contribution < 1.29 is 0 Å². The summed E-state index contributed by atoms with van der Waals surface area (Å²) in [6, 6.07) is 0. The Hall–Kier alpha value is -1.36. The predicted molar refractivity (Wildman–Crippen MR) is 64.8 cm³/mol. The van der Waals surface area contributed by atoms with Crippen LogP contribution in [-0.4, -0.2) is 9.66 Å². The molecule has 0 saturated carbocycles. The number of aromatic nitrogens is 2. The van der Waals surface area contributed by atoms with Crippen LogP contribution in [0.5, 0.6) is 0 Å². The number of nitrogens with zero attached hydrogens (tertiary/aromatic N) is 2. The fraction of sp³-hybridized carbons (Fsp3) is 0.455. The second-order valence-corrected chi connectivity index (χ2v) is 5.62. The fourth-order valence-electron chi connectivity index (χ4n) is 2.38. The summed E-state index contributed by atoms with van der Waals surface area (Å²) >= 11 is 1.72. The molecule has 0 radical (unpaired) electrons. The van der Waals surface area contributed by atoms with E-state index in [2.05, 4.69) is 11.9 Å². The third-order valence-electron chi connectivity index (χ3n) is 3.28. The SMILES string of the molecule is CC1CCc2sc3ncn(N)c(=N)c3c2C1. The van der Waals surface area contributed by atoms with Gasteiger partial charge in [0.1, 0.15) is 11.2 Å². The minimum Gasteiger partial charge on any atom is -0.336 e. The van der Waals surface area contributed by atoms with E-state index in [1.165, 1.54) is 27.9 Å². The summed E-state index contributed by atoms with van der Waals surface area (Å²) in [5.74, 6) is 6.39. The Kier molecular flexibility index (Phi) is 2.04. The van der Waals surface area contributed by atoms with Gasteiger partial charge in [0.05, 0.1) is 5.39 Å². The van der Waals surface area contributed by atoms with Gasteiger partial charge in [-0.05, 0) is 30.7 Å². The molecule has 2 aromatic rings. The van der Waals surface area contributed by atoms with E-state index in [1.807, 2.05) is 0 Å². The zero-order valence-corrected chi connectivity index (χ0v) is 9.97. The molecule has 1 aliphatic carbocycles. The van der Waals surface area contributed by atoms with Crippen LogP contribution in [0.15, 0.2) is 6.33 Å². The van der Waals surface area contributed by atoms with E-state index in [-0.39, 0.29) is 0 Å². The first-order valence-electron chi connectivity index (χ1n) is 5.48. The number of rotatable bonds is 0. The summed E-state index contributed by atoms with van der Waals surface area (Å²) < 4.78 is 1.30. The van der Waals surface area contributed by atoms with Crippen molar-refractivity contribution in [1.29, 1.82) is 5.41 Å². The van der Waals surface area contributed by atoms with Crippen LogP contribution < -0.4 is 11.3 Å². The van der Waals surface area contributed by atoms with Crippen molar-refractivity contribution in [3.8, 4) is 0 Å². The fourth-order valence-corrected chi connectivity index (χ4v) is 3.56. The number of nitrogens with one attached hydrogen (secondary N) is 1. The quantitative estimate of drug-likeness (QED) is 0.677. The predicted octanol–water partition coefficient (Wildman–Crippen LogP) is 1.42. The number of hydrogen-bond acceptors (Lipinski definition) is 4. The van der Waals surface area contributed by atoms with Crippen LogP contribution in [0.2, 0.25) is 0 Å². The maximum absolute atomic E-state index is 8.02. The van der Waals surface area contributed by atoms with Gasteiger partial charge in [-0.2, -0.15) is 0 Å².